The largest absolute Gasteiger partial charge is 0.392 e. The summed E-state index contributed by atoms with van der Waals surface area (Å²) >= 11 is 1.36. The van der Waals surface area contributed by atoms with Crippen LogP contribution in [0.5, 0.6) is 0 Å². The van der Waals surface area contributed by atoms with Crippen molar-refractivity contribution in [3.8, 4) is 6.07 Å². The van der Waals surface area contributed by atoms with Crippen molar-refractivity contribution in [2.24, 2.45) is 0 Å². The van der Waals surface area contributed by atoms with Gasteiger partial charge in [0.2, 0.25) is 0 Å². The molecule has 70 valence electrons. The summed E-state index contributed by atoms with van der Waals surface area (Å²) in [6, 6.07) is 5.08. The molecule has 0 fully saturated rings. The lowest BCUT2D eigenvalue weighted by Crippen LogP contribution is -1.93. The van der Waals surface area contributed by atoms with Crippen molar-refractivity contribution in [1.29, 1.82) is 5.26 Å². The van der Waals surface area contributed by atoms with Crippen molar-refractivity contribution in [3.05, 3.63) is 34.5 Å². The maximum atomic E-state index is 13.5. The smallest absolute Gasteiger partial charge is 0.147 e. The predicted octanol–water partition coefficient (Wildman–Crippen LogP) is 2.40. The highest BCUT2D eigenvalue weighted by Crippen LogP contribution is 2.29. The second-order valence-electron chi connectivity index (χ2n) is 2.83. The number of rotatable bonds is 1. The highest BCUT2D eigenvalue weighted by atomic mass is 32.1. The fourth-order valence-electron chi connectivity index (χ4n) is 1.38. The number of hydrogen-bond donors (Lipinski definition) is 1. The van der Waals surface area contributed by atoms with Gasteiger partial charge in [0.1, 0.15) is 11.9 Å². The van der Waals surface area contributed by atoms with Crippen molar-refractivity contribution in [3.63, 3.8) is 0 Å². The SMILES string of the molecule is N#Cc1cc2ccsc2c(CO)c1F. The van der Waals surface area contributed by atoms with Crippen LogP contribution in [0.15, 0.2) is 17.5 Å². The van der Waals surface area contributed by atoms with Gasteiger partial charge in [-0.25, -0.2) is 4.39 Å². The Kier molecular flexibility index (Phi) is 2.20. The molecule has 1 aromatic heterocycles. The van der Waals surface area contributed by atoms with Crippen LogP contribution in [0.2, 0.25) is 0 Å². The summed E-state index contributed by atoms with van der Waals surface area (Å²) in [6.07, 6.45) is 0. The highest BCUT2D eigenvalue weighted by molar-refractivity contribution is 7.17. The Morgan fingerprint density at radius 3 is 3.00 bits per heavy atom. The Hall–Kier alpha value is -1.44. The van der Waals surface area contributed by atoms with E-state index in [0.29, 0.717) is 4.70 Å². The molecule has 1 heterocycles. The summed E-state index contributed by atoms with van der Waals surface area (Å²) in [6.45, 7) is -0.377. The molecule has 0 atom stereocenters. The van der Waals surface area contributed by atoms with Gasteiger partial charge in [0.25, 0.3) is 0 Å². The second kappa shape index (κ2) is 3.37. The van der Waals surface area contributed by atoms with Gasteiger partial charge >= 0.3 is 0 Å². The average Bonchev–Trinajstić information content (AvgIpc) is 2.64. The maximum absolute atomic E-state index is 13.5. The quantitative estimate of drug-likeness (QED) is 0.780. The molecule has 0 spiro atoms. The van der Waals surface area contributed by atoms with Crippen LogP contribution in [0.3, 0.4) is 0 Å². The summed E-state index contributed by atoms with van der Waals surface area (Å²) in [5.41, 5.74) is 0.203. The van der Waals surface area contributed by atoms with Crippen LogP contribution >= 0.6 is 11.3 Å². The third-order valence-corrected chi connectivity index (χ3v) is 3.04. The third kappa shape index (κ3) is 1.18. The Balaban J connectivity index is 2.89. The molecule has 0 saturated heterocycles. The van der Waals surface area contributed by atoms with E-state index in [2.05, 4.69) is 0 Å². The first-order valence-corrected chi connectivity index (χ1v) is 4.85. The van der Waals surface area contributed by atoms with Crippen molar-refractivity contribution >= 4 is 21.4 Å². The number of aliphatic hydroxyl groups excluding tert-OH is 1. The van der Waals surface area contributed by atoms with Crippen LogP contribution in [-0.2, 0) is 6.61 Å². The molecule has 2 aromatic rings. The molecule has 4 heteroatoms. The van der Waals surface area contributed by atoms with Crippen LogP contribution in [0.25, 0.3) is 10.1 Å². The summed E-state index contributed by atoms with van der Waals surface area (Å²) < 4.78 is 14.2. The second-order valence-corrected chi connectivity index (χ2v) is 3.74. The summed E-state index contributed by atoms with van der Waals surface area (Å²) in [7, 11) is 0. The fourth-order valence-corrected chi connectivity index (χ4v) is 2.29. The van der Waals surface area contributed by atoms with E-state index in [0.717, 1.165) is 5.39 Å². The number of benzene rings is 1. The molecule has 0 amide bonds. The average molecular weight is 207 g/mol. The Morgan fingerprint density at radius 1 is 1.57 bits per heavy atom. The van der Waals surface area contributed by atoms with Gasteiger partial charge < -0.3 is 5.11 Å². The molecule has 0 aliphatic rings. The van der Waals surface area contributed by atoms with Crippen LogP contribution < -0.4 is 0 Å². The Bertz CT molecular complexity index is 527. The minimum absolute atomic E-state index is 0.0139. The van der Waals surface area contributed by atoms with Gasteiger partial charge in [-0.2, -0.15) is 5.26 Å². The predicted molar refractivity (Wildman–Crippen MR) is 52.4 cm³/mol. The Morgan fingerprint density at radius 2 is 2.36 bits per heavy atom. The van der Waals surface area contributed by atoms with Gasteiger partial charge in [-0.3, -0.25) is 0 Å². The van der Waals surface area contributed by atoms with Gasteiger partial charge in [-0.1, -0.05) is 0 Å². The molecule has 1 N–H and O–H groups in total. The third-order valence-electron chi connectivity index (χ3n) is 2.05. The van der Waals surface area contributed by atoms with Gasteiger partial charge in [0.05, 0.1) is 12.2 Å². The number of thiophene rings is 1. The summed E-state index contributed by atoms with van der Waals surface area (Å²) in [5, 5.41) is 20.3. The number of halogens is 1. The van der Waals surface area contributed by atoms with E-state index in [-0.39, 0.29) is 17.7 Å². The van der Waals surface area contributed by atoms with E-state index in [1.807, 2.05) is 5.38 Å². The number of nitriles is 1. The maximum Gasteiger partial charge on any atom is 0.147 e. The molecule has 1 aromatic carbocycles. The molecule has 0 unspecified atom stereocenters. The minimum Gasteiger partial charge on any atom is -0.392 e. The van der Waals surface area contributed by atoms with E-state index >= 15 is 0 Å². The number of aliphatic hydroxyl groups is 1. The molecule has 2 rings (SSSR count). The van der Waals surface area contributed by atoms with E-state index in [9.17, 15) is 4.39 Å². The Labute approximate surface area is 83.8 Å². The zero-order valence-corrected chi connectivity index (χ0v) is 7.94. The molecular formula is C10H6FNOS. The zero-order valence-electron chi connectivity index (χ0n) is 7.12. The van der Waals surface area contributed by atoms with Crippen LogP contribution in [0.1, 0.15) is 11.1 Å². The van der Waals surface area contributed by atoms with Crippen molar-refractivity contribution in [2.75, 3.05) is 0 Å². The normalized spacial score (nSPS) is 10.4. The summed E-state index contributed by atoms with van der Waals surface area (Å²) in [4.78, 5) is 0. The highest BCUT2D eigenvalue weighted by Gasteiger charge is 2.13. The van der Waals surface area contributed by atoms with E-state index in [1.165, 1.54) is 17.4 Å². The summed E-state index contributed by atoms with van der Waals surface area (Å²) in [5.74, 6) is -0.607. The standard InChI is InChI=1S/C10H6FNOS/c11-9-7(4-12)3-6-1-2-14-10(6)8(9)5-13/h1-3,13H,5H2. The van der Waals surface area contributed by atoms with Crippen LogP contribution in [0.4, 0.5) is 4.39 Å². The topological polar surface area (TPSA) is 44.0 Å². The zero-order chi connectivity index (χ0) is 10.1. The molecule has 0 aliphatic heterocycles. The number of nitrogens with zero attached hydrogens (tertiary/aromatic N) is 1. The molecule has 0 bridgehead atoms. The first kappa shape index (κ1) is 9.13. The van der Waals surface area contributed by atoms with Gasteiger partial charge in [-0.05, 0) is 22.9 Å². The van der Waals surface area contributed by atoms with Crippen molar-refractivity contribution in [1.82, 2.24) is 0 Å². The molecule has 0 aliphatic carbocycles. The monoisotopic (exact) mass is 207 g/mol. The number of hydrogen-bond acceptors (Lipinski definition) is 3. The number of fused-ring (bicyclic) bond motifs is 1. The molecule has 0 saturated carbocycles. The molecule has 14 heavy (non-hydrogen) atoms. The lowest BCUT2D eigenvalue weighted by atomic mass is 10.1. The van der Waals surface area contributed by atoms with Crippen molar-refractivity contribution in [2.45, 2.75) is 6.61 Å². The van der Waals surface area contributed by atoms with E-state index in [4.69, 9.17) is 10.4 Å². The van der Waals surface area contributed by atoms with E-state index < -0.39 is 5.82 Å². The molecular weight excluding hydrogens is 201 g/mol. The molecule has 0 radical (unpaired) electrons. The minimum atomic E-state index is -0.607. The van der Waals surface area contributed by atoms with E-state index in [1.54, 1.807) is 12.1 Å². The van der Waals surface area contributed by atoms with Gasteiger partial charge in [0, 0.05) is 10.3 Å². The lowest BCUT2D eigenvalue weighted by Gasteiger charge is -2.02. The molecule has 2 nitrogen and oxygen atoms in total. The fraction of sp³-hybridized carbons (Fsp3) is 0.100. The van der Waals surface area contributed by atoms with Crippen molar-refractivity contribution < 1.29 is 9.50 Å². The van der Waals surface area contributed by atoms with Crippen LogP contribution in [0, 0.1) is 17.1 Å². The van der Waals surface area contributed by atoms with Gasteiger partial charge in [0.15, 0.2) is 0 Å². The van der Waals surface area contributed by atoms with Gasteiger partial charge in [-0.15, -0.1) is 11.3 Å². The lowest BCUT2D eigenvalue weighted by molar-refractivity contribution is 0.277. The first-order chi connectivity index (χ1) is 6.77. The van der Waals surface area contributed by atoms with Crippen LogP contribution in [-0.4, -0.2) is 5.11 Å². The first-order valence-electron chi connectivity index (χ1n) is 3.97.